The highest BCUT2D eigenvalue weighted by Crippen LogP contribution is 2.21. The van der Waals surface area contributed by atoms with Crippen molar-refractivity contribution in [3.63, 3.8) is 0 Å². The topological polar surface area (TPSA) is 79.6 Å². The van der Waals surface area contributed by atoms with Gasteiger partial charge in [0.25, 0.3) is 5.91 Å². The molecule has 1 N–H and O–H groups in total. The van der Waals surface area contributed by atoms with Gasteiger partial charge in [-0.25, -0.2) is 13.1 Å². The van der Waals surface area contributed by atoms with Crippen molar-refractivity contribution in [2.24, 2.45) is 0 Å². The molecule has 1 amide bonds. The molecule has 1 aromatic carbocycles. The predicted molar refractivity (Wildman–Crippen MR) is 102 cm³/mol. The second-order valence-electron chi connectivity index (χ2n) is 6.56. The Balaban J connectivity index is 1.62. The van der Waals surface area contributed by atoms with Gasteiger partial charge >= 0.3 is 0 Å². The Morgan fingerprint density at radius 3 is 2.46 bits per heavy atom. The first-order valence-electron chi connectivity index (χ1n) is 8.40. The molecule has 140 valence electrons. The molecule has 1 aromatic heterocycles. The number of hydrogen-bond donors (Lipinski definition) is 1. The van der Waals surface area contributed by atoms with Crippen molar-refractivity contribution in [3.05, 3.63) is 51.9 Å². The number of furan rings is 1. The van der Waals surface area contributed by atoms with E-state index in [9.17, 15) is 13.2 Å². The number of carbonyl (C=O) groups is 1. The number of piperidine rings is 1. The first kappa shape index (κ1) is 19.1. The quantitative estimate of drug-likeness (QED) is 0.790. The van der Waals surface area contributed by atoms with Crippen LogP contribution >= 0.6 is 15.9 Å². The van der Waals surface area contributed by atoms with E-state index < -0.39 is 10.0 Å². The zero-order valence-corrected chi connectivity index (χ0v) is 17.1. The predicted octanol–water partition coefficient (Wildman–Crippen LogP) is 3.24. The van der Waals surface area contributed by atoms with Crippen LogP contribution in [0.5, 0.6) is 0 Å². The van der Waals surface area contributed by atoms with Crippen LogP contribution in [0.3, 0.4) is 0 Å². The van der Waals surface area contributed by atoms with Crippen molar-refractivity contribution in [1.29, 1.82) is 0 Å². The minimum atomic E-state index is -3.57. The van der Waals surface area contributed by atoms with Crippen LogP contribution in [0.25, 0.3) is 0 Å². The number of aryl methyl sites for hydroxylation is 2. The average molecular weight is 441 g/mol. The molecular weight excluding hydrogens is 420 g/mol. The van der Waals surface area contributed by atoms with Crippen LogP contribution in [-0.2, 0) is 10.0 Å². The van der Waals surface area contributed by atoms with Crippen LogP contribution in [0, 0.1) is 13.8 Å². The minimum absolute atomic E-state index is 0.175. The molecule has 6 nitrogen and oxygen atoms in total. The van der Waals surface area contributed by atoms with Crippen molar-refractivity contribution in [1.82, 2.24) is 9.62 Å². The van der Waals surface area contributed by atoms with Gasteiger partial charge in [-0.3, -0.25) is 4.79 Å². The van der Waals surface area contributed by atoms with Gasteiger partial charge in [0, 0.05) is 19.1 Å². The molecule has 1 saturated heterocycles. The summed E-state index contributed by atoms with van der Waals surface area (Å²) in [5.41, 5.74) is 1.76. The van der Waals surface area contributed by atoms with Gasteiger partial charge in [0.15, 0.2) is 10.4 Å². The highest BCUT2D eigenvalue weighted by molar-refractivity contribution is 9.10. The van der Waals surface area contributed by atoms with E-state index >= 15 is 0 Å². The highest BCUT2D eigenvalue weighted by atomic mass is 79.9. The van der Waals surface area contributed by atoms with Crippen molar-refractivity contribution in [3.8, 4) is 0 Å². The van der Waals surface area contributed by atoms with E-state index in [0.29, 0.717) is 35.5 Å². The van der Waals surface area contributed by atoms with Crippen LogP contribution in [0.1, 0.15) is 34.5 Å². The molecule has 0 bridgehead atoms. The molecule has 26 heavy (non-hydrogen) atoms. The van der Waals surface area contributed by atoms with Crippen LogP contribution in [-0.4, -0.2) is 38.4 Å². The molecular formula is C18H21BrN2O4S. The summed E-state index contributed by atoms with van der Waals surface area (Å²) >= 11 is 3.19. The number of likely N-dealkylation sites (tertiary alicyclic amines) is 1. The van der Waals surface area contributed by atoms with E-state index in [4.69, 9.17) is 4.42 Å². The standard InChI is InChI=1S/C18H21BrN2O4S/c1-12-3-5-16(13(2)11-12)26(23,24)20-14-7-9-21(10-8-14)18(22)15-4-6-17(19)25-15/h3-6,11,14,20H,7-10H2,1-2H3. The summed E-state index contributed by atoms with van der Waals surface area (Å²) in [4.78, 5) is 14.4. The number of rotatable bonds is 4. The summed E-state index contributed by atoms with van der Waals surface area (Å²) in [7, 11) is -3.57. The minimum Gasteiger partial charge on any atom is -0.444 e. The Kier molecular flexibility index (Phi) is 5.55. The monoisotopic (exact) mass is 440 g/mol. The molecule has 2 aromatic rings. The third-order valence-corrected chi connectivity index (χ3v) is 6.61. The van der Waals surface area contributed by atoms with Crippen LogP contribution < -0.4 is 4.72 Å². The molecule has 0 unspecified atom stereocenters. The lowest BCUT2D eigenvalue weighted by atomic mass is 10.1. The van der Waals surface area contributed by atoms with Gasteiger partial charge in [-0.05, 0) is 66.4 Å². The average Bonchev–Trinajstić information content (AvgIpc) is 3.00. The van der Waals surface area contributed by atoms with Gasteiger partial charge in [0.05, 0.1) is 4.90 Å². The van der Waals surface area contributed by atoms with Crippen molar-refractivity contribution in [2.45, 2.75) is 37.6 Å². The number of hydrogen-bond acceptors (Lipinski definition) is 4. The summed E-state index contributed by atoms with van der Waals surface area (Å²) in [6.45, 7) is 4.69. The smallest absolute Gasteiger partial charge is 0.289 e. The van der Waals surface area contributed by atoms with Crippen LogP contribution in [0.4, 0.5) is 0 Å². The van der Waals surface area contributed by atoms with Gasteiger partial charge in [-0.15, -0.1) is 0 Å². The SMILES string of the molecule is Cc1ccc(S(=O)(=O)NC2CCN(C(=O)c3ccc(Br)o3)CC2)c(C)c1. The summed E-state index contributed by atoms with van der Waals surface area (Å²) in [6, 6.07) is 8.41. The molecule has 1 aliphatic heterocycles. The first-order valence-corrected chi connectivity index (χ1v) is 10.7. The molecule has 0 aliphatic carbocycles. The Morgan fingerprint density at radius 2 is 1.88 bits per heavy atom. The molecule has 8 heteroatoms. The third-order valence-electron chi connectivity index (χ3n) is 4.51. The number of carbonyl (C=O) groups excluding carboxylic acids is 1. The van der Waals surface area contributed by atoms with Crippen molar-refractivity contribution < 1.29 is 17.6 Å². The number of sulfonamides is 1. The molecule has 0 atom stereocenters. The Hall–Kier alpha value is -1.64. The van der Waals surface area contributed by atoms with Crippen molar-refractivity contribution >= 4 is 31.9 Å². The number of benzene rings is 1. The normalized spacial score (nSPS) is 16.0. The molecule has 3 rings (SSSR count). The fraction of sp³-hybridized carbons (Fsp3) is 0.389. The zero-order chi connectivity index (χ0) is 18.9. The zero-order valence-electron chi connectivity index (χ0n) is 14.7. The Bertz CT molecular complexity index is 915. The number of nitrogens with one attached hydrogen (secondary N) is 1. The van der Waals surface area contributed by atoms with Crippen LogP contribution in [0.15, 0.2) is 44.3 Å². The van der Waals surface area contributed by atoms with Gasteiger partial charge in [0.2, 0.25) is 10.0 Å². The van der Waals surface area contributed by atoms with Crippen LogP contribution in [0.2, 0.25) is 0 Å². The summed E-state index contributed by atoms with van der Waals surface area (Å²) < 4.78 is 33.9. The fourth-order valence-corrected chi connectivity index (χ4v) is 5.01. The Labute approximate surface area is 161 Å². The maximum Gasteiger partial charge on any atom is 0.289 e. The van der Waals surface area contributed by atoms with Gasteiger partial charge in [-0.1, -0.05) is 17.7 Å². The van der Waals surface area contributed by atoms with Gasteiger partial charge in [0.1, 0.15) is 0 Å². The summed E-state index contributed by atoms with van der Waals surface area (Å²) in [6.07, 6.45) is 1.13. The van der Waals surface area contributed by atoms with Gasteiger partial charge in [-0.2, -0.15) is 0 Å². The molecule has 0 saturated carbocycles. The largest absolute Gasteiger partial charge is 0.444 e. The summed E-state index contributed by atoms with van der Waals surface area (Å²) in [5, 5.41) is 0. The number of halogens is 1. The fourth-order valence-electron chi connectivity index (χ4n) is 3.17. The molecule has 1 fully saturated rings. The second kappa shape index (κ2) is 7.54. The summed E-state index contributed by atoms with van der Waals surface area (Å²) in [5.74, 6) is 0.109. The van der Waals surface area contributed by atoms with E-state index in [1.165, 1.54) is 0 Å². The second-order valence-corrected chi connectivity index (χ2v) is 9.02. The maximum absolute atomic E-state index is 12.7. The Morgan fingerprint density at radius 1 is 1.19 bits per heavy atom. The first-order chi connectivity index (χ1) is 12.3. The van der Waals surface area contributed by atoms with Gasteiger partial charge < -0.3 is 9.32 Å². The lowest BCUT2D eigenvalue weighted by molar-refractivity contribution is 0.0677. The van der Waals surface area contributed by atoms with E-state index in [-0.39, 0.29) is 17.7 Å². The number of amides is 1. The lowest BCUT2D eigenvalue weighted by Gasteiger charge is -2.31. The van der Waals surface area contributed by atoms with E-state index in [1.54, 1.807) is 36.1 Å². The van der Waals surface area contributed by atoms with Crippen molar-refractivity contribution in [2.75, 3.05) is 13.1 Å². The van der Waals surface area contributed by atoms with E-state index in [0.717, 1.165) is 11.1 Å². The van der Waals surface area contributed by atoms with E-state index in [1.807, 2.05) is 13.0 Å². The number of nitrogens with zero attached hydrogens (tertiary/aromatic N) is 1. The lowest BCUT2D eigenvalue weighted by Crippen LogP contribution is -2.46. The molecule has 1 aliphatic rings. The molecule has 0 spiro atoms. The maximum atomic E-state index is 12.7. The third kappa shape index (κ3) is 4.19. The molecule has 0 radical (unpaired) electrons. The molecule has 2 heterocycles. The highest BCUT2D eigenvalue weighted by Gasteiger charge is 2.28. The van der Waals surface area contributed by atoms with E-state index in [2.05, 4.69) is 20.7 Å².